The van der Waals surface area contributed by atoms with E-state index in [4.69, 9.17) is 0 Å². The van der Waals surface area contributed by atoms with Crippen molar-refractivity contribution in [3.05, 3.63) is 23.7 Å². The second-order valence-electron chi connectivity index (χ2n) is 4.95. The first kappa shape index (κ1) is 11.9. The molecule has 1 fully saturated rings. The topological polar surface area (TPSA) is 45.1 Å². The highest BCUT2D eigenvalue weighted by molar-refractivity contribution is 7.17. The van der Waals surface area contributed by atoms with Crippen molar-refractivity contribution in [2.75, 3.05) is 5.32 Å². The van der Waals surface area contributed by atoms with Gasteiger partial charge in [0.1, 0.15) is 5.82 Å². The van der Waals surface area contributed by atoms with Gasteiger partial charge in [0.05, 0.1) is 12.1 Å². The molecule has 0 bridgehead atoms. The van der Waals surface area contributed by atoms with Gasteiger partial charge in [-0.1, -0.05) is 19.3 Å². The number of aliphatic hydroxyl groups excluding tert-OH is 1. The fourth-order valence-electron chi connectivity index (χ4n) is 2.64. The van der Waals surface area contributed by atoms with E-state index in [1.807, 2.05) is 12.3 Å². The Kier molecular flexibility index (Phi) is 3.48. The summed E-state index contributed by atoms with van der Waals surface area (Å²) in [5, 5.41) is 16.8. The van der Waals surface area contributed by atoms with Crippen LogP contribution < -0.4 is 5.32 Å². The summed E-state index contributed by atoms with van der Waals surface area (Å²) in [4.78, 5) is 4.42. The molecule has 0 radical (unpaired) electrons. The molecule has 4 heteroatoms. The summed E-state index contributed by atoms with van der Waals surface area (Å²) in [7, 11) is 0. The molecule has 18 heavy (non-hydrogen) atoms. The van der Waals surface area contributed by atoms with Crippen molar-refractivity contribution in [2.45, 2.75) is 44.2 Å². The Morgan fingerprint density at radius 3 is 3.06 bits per heavy atom. The first-order chi connectivity index (χ1) is 8.84. The molecule has 1 saturated carbocycles. The lowest BCUT2D eigenvalue weighted by atomic mass is 10.1. The zero-order chi connectivity index (χ0) is 12.4. The lowest BCUT2D eigenvalue weighted by Crippen LogP contribution is -2.32. The van der Waals surface area contributed by atoms with Gasteiger partial charge in [-0.2, -0.15) is 0 Å². The van der Waals surface area contributed by atoms with E-state index in [0.717, 1.165) is 25.1 Å². The zero-order valence-corrected chi connectivity index (χ0v) is 11.1. The van der Waals surface area contributed by atoms with Crippen molar-refractivity contribution in [1.82, 2.24) is 4.98 Å². The highest BCUT2D eigenvalue weighted by Crippen LogP contribution is 2.28. The minimum absolute atomic E-state index is 0.144. The van der Waals surface area contributed by atoms with Gasteiger partial charge in [-0.25, -0.2) is 4.98 Å². The number of pyridine rings is 1. The summed E-state index contributed by atoms with van der Waals surface area (Å²) in [5.41, 5.74) is 0. The quantitative estimate of drug-likeness (QED) is 0.815. The van der Waals surface area contributed by atoms with Crippen LogP contribution in [0.25, 0.3) is 10.1 Å². The molecule has 1 aliphatic rings. The standard InChI is InChI=1S/C14H18N2OS/c17-12-5-3-1-2-4-11(12)16-14-10-7-9-18-13(10)6-8-15-14/h6-9,11-12,17H,1-5H2,(H,15,16). The Labute approximate surface area is 111 Å². The van der Waals surface area contributed by atoms with Crippen LogP contribution in [-0.2, 0) is 0 Å². The number of anilines is 1. The van der Waals surface area contributed by atoms with E-state index in [-0.39, 0.29) is 12.1 Å². The first-order valence-corrected chi connectivity index (χ1v) is 7.49. The van der Waals surface area contributed by atoms with E-state index in [2.05, 4.69) is 21.7 Å². The average Bonchev–Trinajstić information content (AvgIpc) is 2.77. The molecule has 2 N–H and O–H groups in total. The van der Waals surface area contributed by atoms with Gasteiger partial charge >= 0.3 is 0 Å². The number of fused-ring (bicyclic) bond motifs is 1. The molecule has 2 aromatic rings. The van der Waals surface area contributed by atoms with Gasteiger partial charge in [-0.05, 0) is 30.4 Å². The summed E-state index contributed by atoms with van der Waals surface area (Å²) >= 11 is 1.73. The van der Waals surface area contributed by atoms with Crippen LogP contribution >= 0.6 is 11.3 Å². The molecule has 3 rings (SSSR count). The summed E-state index contributed by atoms with van der Waals surface area (Å²) in [6.07, 6.45) is 7.07. The Balaban J connectivity index is 1.84. The van der Waals surface area contributed by atoms with Crippen LogP contribution in [0.2, 0.25) is 0 Å². The molecule has 2 heterocycles. The number of thiophene rings is 1. The normalized spacial score (nSPS) is 24.9. The Morgan fingerprint density at radius 2 is 2.11 bits per heavy atom. The van der Waals surface area contributed by atoms with Gasteiger partial charge in [-0.15, -0.1) is 11.3 Å². The highest BCUT2D eigenvalue weighted by Gasteiger charge is 2.22. The summed E-state index contributed by atoms with van der Waals surface area (Å²) in [5.74, 6) is 0.916. The van der Waals surface area contributed by atoms with Crippen LogP contribution in [-0.4, -0.2) is 22.2 Å². The zero-order valence-electron chi connectivity index (χ0n) is 10.3. The molecule has 0 aliphatic heterocycles. The second-order valence-corrected chi connectivity index (χ2v) is 5.90. The van der Waals surface area contributed by atoms with Crippen LogP contribution in [0.15, 0.2) is 23.7 Å². The molecular formula is C14H18N2OS. The molecule has 2 aromatic heterocycles. The molecule has 0 spiro atoms. The average molecular weight is 262 g/mol. The van der Waals surface area contributed by atoms with Crippen LogP contribution in [0.4, 0.5) is 5.82 Å². The fourth-order valence-corrected chi connectivity index (χ4v) is 3.42. The Morgan fingerprint density at radius 1 is 1.22 bits per heavy atom. The van der Waals surface area contributed by atoms with E-state index >= 15 is 0 Å². The number of nitrogens with one attached hydrogen (secondary N) is 1. The minimum atomic E-state index is -0.247. The summed E-state index contributed by atoms with van der Waals surface area (Å²) in [6.45, 7) is 0. The van der Waals surface area contributed by atoms with Crippen LogP contribution in [0.3, 0.4) is 0 Å². The predicted octanol–water partition coefficient (Wildman–Crippen LogP) is 3.40. The molecule has 2 unspecified atom stereocenters. The van der Waals surface area contributed by atoms with Crippen molar-refractivity contribution in [3.63, 3.8) is 0 Å². The molecule has 2 atom stereocenters. The number of nitrogens with zero attached hydrogens (tertiary/aromatic N) is 1. The van der Waals surface area contributed by atoms with E-state index in [1.54, 1.807) is 11.3 Å². The number of aliphatic hydroxyl groups is 1. The van der Waals surface area contributed by atoms with Gasteiger partial charge in [0.2, 0.25) is 0 Å². The summed E-state index contributed by atoms with van der Waals surface area (Å²) < 4.78 is 1.25. The maximum absolute atomic E-state index is 10.1. The lowest BCUT2D eigenvalue weighted by molar-refractivity contribution is 0.144. The Bertz CT molecular complexity index is 525. The number of hydrogen-bond acceptors (Lipinski definition) is 4. The first-order valence-electron chi connectivity index (χ1n) is 6.61. The molecule has 0 aromatic carbocycles. The molecule has 0 amide bonds. The molecule has 3 nitrogen and oxygen atoms in total. The monoisotopic (exact) mass is 262 g/mol. The molecule has 1 aliphatic carbocycles. The second kappa shape index (κ2) is 5.24. The van der Waals surface area contributed by atoms with Crippen molar-refractivity contribution in [2.24, 2.45) is 0 Å². The largest absolute Gasteiger partial charge is 0.391 e. The van der Waals surface area contributed by atoms with Gasteiger partial charge in [-0.3, -0.25) is 0 Å². The van der Waals surface area contributed by atoms with Crippen molar-refractivity contribution in [1.29, 1.82) is 0 Å². The smallest absolute Gasteiger partial charge is 0.134 e. The third-order valence-electron chi connectivity index (χ3n) is 3.68. The molecule has 0 saturated heterocycles. The number of rotatable bonds is 2. The SMILES string of the molecule is OC1CCCCCC1Nc1nccc2sccc12. The number of hydrogen-bond donors (Lipinski definition) is 2. The molecular weight excluding hydrogens is 244 g/mol. The van der Waals surface area contributed by atoms with E-state index in [0.29, 0.717) is 0 Å². The highest BCUT2D eigenvalue weighted by atomic mass is 32.1. The van der Waals surface area contributed by atoms with E-state index < -0.39 is 0 Å². The lowest BCUT2D eigenvalue weighted by Gasteiger charge is -2.22. The van der Waals surface area contributed by atoms with Gasteiger partial charge in [0, 0.05) is 16.3 Å². The fraction of sp³-hybridized carbons (Fsp3) is 0.500. The molecule has 96 valence electrons. The third kappa shape index (κ3) is 2.35. The van der Waals surface area contributed by atoms with Gasteiger partial charge in [0.15, 0.2) is 0 Å². The van der Waals surface area contributed by atoms with E-state index in [9.17, 15) is 5.11 Å². The Hall–Kier alpha value is -1.13. The van der Waals surface area contributed by atoms with Crippen LogP contribution in [0, 0.1) is 0 Å². The maximum Gasteiger partial charge on any atom is 0.134 e. The number of aromatic nitrogens is 1. The third-order valence-corrected chi connectivity index (χ3v) is 4.56. The summed E-state index contributed by atoms with van der Waals surface area (Å²) in [6, 6.07) is 4.28. The van der Waals surface area contributed by atoms with Crippen LogP contribution in [0.1, 0.15) is 32.1 Å². The van der Waals surface area contributed by atoms with Gasteiger partial charge < -0.3 is 10.4 Å². The van der Waals surface area contributed by atoms with Crippen molar-refractivity contribution >= 4 is 27.2 Å². The maximum atomic E-state index is 10.1. The van der Waals surface area contributed by atoms with Gasteiger partial charge in [0.25, 0.3) is 0 Å². The van der Waals surface area contributed by atoms with E-state index in [1.165, 1.54) is 22.9 Å². The minimum Gasteiger partial charge on any atom is -0.391 e. The predicted molar refractivity (Wildman–Crippen MR) is 76.1 cm³/mol. The van der Waals surface area contributed by atoms with Crippen LogP contribution in [0.5, 0.6) is 0 Å². The van der Waals surface area contributed by atoms with Crippen molar-refractivity contribution < 1.29 is 5.11 Å². The van der Waals surface area contributed by atoms with Crippen molar-refractivity contribution in [3.8, 4) is 0 Å².